The second-order valence-electron chi connectivity index (χ2n) is 7.15. The zero-order valence-electron chi connectivity index (χ0n) is 15.9. The maximum atomic E-state index is 12.9. The molecule has 1 unspecified atom stereocenters. The van der Waals surface area contributed by atoms with Gasteiger partial charge in [-0.05, 0) is 18.9 Å². The van der Waals surface area contributed by atoms with Crippen LogP contribution >= 0.6 is 0 Å². The van der Waals surface area contributed by atoms with Gasteiger partial charge in [-0.3, -0.25) is 19.2 Å². The van der Waals surface area contributed by atoms with Crippen molar-refractivity contribution in [3.8, 4) is 0 Å². The largest absolute Gasteiger partial charge is 0.481 e. The summed E-state index contributed by atoms with van der Waals surface area (Å²) in [6.07, 6.45) is 1.17. The van der Waals surface area contributed by atoms with E-state index >= 15 is 0 Å². The highest BCUT2D eigenvalue weighted by Crippen LogP contribution is 2.19. The number of aromatic nitrogens is 1. The molecule has 3 rings (SSSR count). The number of hydrogen-bond acceptors (Lipinski definition) is 4. The van der Waals surface area contributed by atoms with Gasteiger partial charge < -0.3 is 19.5 Å². The zero-order chi connectivity index (χ0) is 20.4. The van der Waals surface area contributed by atoms with E-state index in [1.807, 2.05) is 0 Å². The Kier molecular flexibility index (Phi) is 5.48. The summed E-state index contributed by atoms with van der Waals surface area (Å²) < 4.78 is 1.47. The van der Waals surface area contributed by atoms with Crippen molar-refractivity contribution in [3.05, 3.63) is 46.2 Å². The number of aliphatic carboxylic acids is 1. The molecule has 8 heteroatoms. The Morgan fingerprint density at radius 2 is 1.96 bits per heavy atom. The van der Waals surface area contributed by atoms with Crippen LogP contribution in [0.4, 0.5) is 0 Å². The highest BCUT2D eigenvalue weighted by atomic mass is 16.4. The molecule has 0 saturated carbocycles. The molecule has 1 atom stereocenters. The number of rotatable bonds is 4. The summed E-state index contributed by atoms with van der Waals surface area (Å²) in [5.41, 5.74) is 0.580. The number of carbonyl (C=O) groups excluding carboxylic acids is 2. The van der Waals surface area contributed by atoms with Gasteiger partial charge in [0, 0.05) is 38.6 Å². The summed E-state index contributed by atoms with van der Waals surface area (Å²) in [5, 5.41) is 9.81. The lowest BCUT2D eigenvalue weighted by Crippen LogP contribution is -2.47. The molecule has 2 heterocycles. The number of piperidine rings is 1. The van der Waals surface area contributed by atoms with Crippen molar-refractivity contribution < 1.29 is 19.5 Å². The number of para-hydroxylation sites is 1. The lowest BCUT2D eigenvalue weighted by atomic mass is 9.98. The van der Waals surface area contributed by atoms with Crippen LogP contribution in [0.3, 0.4) is 0 Å². The fourth-order valence-electron chi connectivity index (χ4n) is 3.57. The zero-order valence-corrected chi connectivity index (χ0v) is 15.9. The van der Waals surface area contributed by atoms with Gasteiger partial charge in [-0.15, -0.1) is 0 Å². The van der Waals surface area contributed by atoms with Gasteiger partial charge in [-0.1, -0.05) is 18.2 Å². The van der Waals surface area contributed by atoms with Gasteiger partial charge in [-0.25, -0.2) is 0 Å². The lowest BCUT2D eigenvalue weighted by Gasteiger charge is -2.32. The number of carboxylic acid groups (broad SMARTS) is 1. The van der Waals surface area contributed by atoms with Crippen LogP contribution in [0.25, 0.3) is 10.9 Å². The van der Waals surface area contributed by atoms with Gasteiger partial charge in [0.15, 0.2) is 0 Å². The van der Waals surface area contributed by atoms with Crippen LogP contribution in [0.15, 0.2) is 35.1 Å². The number of benzene rings is 1. The number of likely N-dealkylation sites (N-methyl/N-ethyl adjacent to an activating group) is 1. The third-order valence-electron chi connectivity index (χ3n) is 5.23. The molecule has 1 saturated heterocycles. The van der Waals surface area contributed by atoms with Gasteiger partial charge in [-0.2, -0.15) is 0 Å². The molecule has 1 fully saturated rings. The second kappa shape index (κ2) is 7.84. The van der Waals surface area contributed by atoms with Crippen molar-refractivity contribution >= 4 is 28.7 Å². The number of aryl methyl sites for hydroxylation is 1. The maximum Gasteiger partial charge on any atom is 0.308 e. The molecule has 1 aromatic heterocycles. The minimum Gasteiger partial charge on any atom is -0.481 e. The Morgan fingerprint density at radius 3 is 2.68 bits per heavy atom. The number of carbonyl (C=O) groups is 3. The molecule has 1 aliphatic rings. The molecule has 2 aromatic rings. The van der Waals surface area contributed by atoms with E-state index in [1.54, 1.807) is 31.3 Å². The van der Waals surface area contributed by atoms with Crippen molar-refractivity contribution in [1.29, 1.82) is 0 Å². The van der Waals surface area contributed by atoms with E-state index in [0.717, 1.165) is 0 Å². The van der Waals surface area contributed by atoms with Crippen LogP contribution < -0.4 is 5.56 Å². The first-order chi connectivity index (χ1) is 13.3. The van der Waals surface area contributed by atoms with Gasteiger partial charge in [0.05, 0.1) is 23.5 Å². The van der Waals surface area contributed by atoms with Crippen LogP contribution in [-0.4, -0.2) is 63.9 Å². The molecule has 28 heavy (non-hydrogen) atoms. The third-order valence-corrected chi connectivity index (χ3v) is 5.23. The summed E-state index contributed by atoms with van der Waals surface area (Å²) in [4.78, 5) is 51.7. The predicted molar refractivity (Wildman–Crippen MR) is 103 cm³/mol. The fraction of sp³-hybridized carbons (Fsp3) is 0.400. The lowest BCUT2D eigenvalue weighted by molar-refractivity contribution is -0.145. The SMILES string of the molecule is CN(CC(=O)N1CCCC(C(=O)O)C1)C(=O)c1cc(=O)n(C)c2ccccc12. The number of fused-ring (bicyclic) bond motifs is 1. The standard InChI is InChI=1S/C20H23N3O5/c1-21(12-18(25)23-9-5-6-13(11-23)20(27)28)19(26)15-10-17(24)22(2)16-8-4-3-7-14(15)16/h3-4,7-8,10,13H,5-6,9,11-12H2,1-2H3,(H,27,28). The number of likely N-dealkylation sites (tertiary alicyclic amines) is 1. The number of amides is 2. The van der Waals surface area contributed by atoms with E-state index < -0.39 is 17.8 Å². The minimum absolute atomic E-state index is 0.158. The molecule has 0 aliphatic carbocycles. The van der Waals surface area contributed by atoms with Crippen molar-refractivity contribution in [2.24, 2.45) is 13.0 Å². The highest BCUT2D eigenvalue weighted by Gasteiger charge is 2.29. The van der Waals surface area contributed by atoms with Gasteiger partial charge in [0.25, 0.3) is 11.5 Å². The Labute approximate surface area is 162 Å². The summed E-state index contributed by atoms with van der Waals surface area (Å²) in [6.45, 7) is 0.471. The number of nitrogens with zero attached hydrogens (tertiary/aromatic N) is 3. The van der Waals surface area contributed by atoms with Crippen LogP contribution in [0, 0.1) is 5.92 Å². The molecular formula is C20H23N3O5. The first-order valence-corrected chi connectivity index (χ1v) is 9.14. The monoisotopic (exact) mass is 385 g/mol. The number of pyridine rings is 1. The smallest absolute Gasteiger partial charge is 0.308 e. The van der Waals surface area contributed by atoms with E-state index in [9.17, 15) is 24.3 Å². The molecule has 148 valence electrons. The second-order valence-corrected chi connectivity index (χ2v) is 7.15. The van der Waals surface area contributed by atoms with Crippen LogP contribution in [-0.2, 0) is 16.6 Å². The highest BCUT2D eigenvalue weighted by molar-refractivity contribution is 6.06. The molecule has 8 nitrogen and oxygen atoms in total. The molecule has 0 bridgehead atoms. The summed E-state index contributed by atoms with van der Waals surface area (Å²) in [5.74, 6) is -2.20. The van der Waals surface area contributed by atoms with Gasteiger partial charge in [0.2, 0.25) is 5.91 Å². The Hall–Kier alpha value is -3.16. The molecular weight excluding hydrogens is 362 g/mol. The Morgan fingerprint density at radius 1 is 1.25 bits per heavy atom. The van der Waals surface area contributed by atoms with Crippen molar-refractivity contribution in [1.82, 2.24) is 14.4 Å². The molecule has 1 N–H and O–H groups in total. The number of carboxylic acids is 1. The third kappa shape index (κ3) is 3.76. The van der Waals surface area contributed by atoms with Crippen molar-refractivity contribution in [2.75, 3.05) is 26.7 Å². The molecule has 1 aliphatic heterocycles. The Balaban J connectivity index is 1.79. The average Bonchev–Trinajstić information content (AvgIpc) is 2.70. The minimum atomic E-state index is -0.909. The molecule has 0 radical (unpaired) electrons. The van der Waals surface area contributed by atoms with Crippen LogP contribution in [0.5, 0.6) is 0 Å². The van der Waals surface area contributed by atoms with Gasteiger partial charge >= 0.3 is 5.97 Å². The Bertz CT molecular complexity index is 997. The normalized spacial score (nSPS) is 16.8. The van der Waals surface area contributed by atoms with E-state index in [0.29, 0.717) is 30.3 Å². The van der Waals surface area contributed by atoms with Crippen molar-refractivity contribution in [2.45, 2.75) is 12.8 Å². The predicted octanol–water partition coefficient (Wildman–Crippen LogP) is 0.934. The van der Waals surface area contributed by atoms with E-state index in [1.165, 1.54) is 27.5 Å². The quantitative estimate of drug-likeness (QED) is 0.844. The molecule has 1 aromatic carbocycles. The van der Waals surface area contributed by atoms with E-state index in [4.69, 9.17) is 0 Å². The maximum absolute atomic E-state index is 12.9. The first-order valence-electron chi connectivity index (χ1n) is 9.14. The van der Waals surface area contributed by atoms with Crippen LogP contribution in [0.2, 0.25) is 0 Å². The molecule has 0 spiro atoms. The molecule has 2 amide bonds. The summed E-state index contributed by atoms with van der Waals surface area (Å²) in [7, 11) is 3.15. The van der Waals surface area contributed by atoms with Gasteiger partial charge in [0.1, 0.15) is 0 Å². The van der Waals surface area contributed by atoms with E-state index in [2.05, 4.69) is 0 Å². The fourth-order valence-corrected chi connectivity index (χ4v) is 3.57. The summed E-state index contributed by atoms with van der Waals surface area (Å²) >= 11 is 0. The topological polar surface area (TPSA) is 99.9 Å². The van der Waals surface area contributed by atoms with Crippen LogP contribution in [0.1, 0.15) is 23.2 Å². The number of hydrogen-bond donors (Lipinski definition) is 1. The average molecular weight is 385 g/mol. The van der Waals surface area contributed by atoms with E-state index in [-0.39, 0.29) is 30.1 Å². The van der Waals surface area contributed by atoms with Crippen molar-refractivity contribution in [3.63, 3.8) is 0 Å². The summed E-state index contributed by atoms with van der Waals surface area (Å²) in [6, 6.07) is 8.39. The first kappa shape index (κ1) is 19.6.